The highest BCUT2D eigenvalue weighted by Crippen LogP contribution is 2.40. The Hall–Kier alpha value is -3.16. The maximum atomic E-state index is 12.6. The Balaban J connectivity index is 1.88. The zero-order chi connectivity index (χ0) is 23.9. The molecule has 0 spiro atoms. The second-order valence-corrected chi connectivity index (χ2v) is 7.76. The second kappa shape index (κ2) is 10.6. The molecule has 0 aromatic heterocycles. The number of hydrogen-bond donors (Lipinski definition) is 1. The van der Waals surface area contributed by atoms with Crippen molar-refractivity contribution in [3.8, 4) is 0 Å². The summed E-state index contributed by atoms with van der Waals surface area (Å²) in [5, 5.41) is 10.5. The molecule has 0 heterocycles. The molecule has 1 amide bonds. The van der Waals surface area contributed by atoms with Crippen molar-refractivity contribution in [2.75, 3.05) is 20.2 Å². The summed E-state index contributed by atoms with van der Waals surface area (Å²) >= 11 is 0. The van der Waals surface area contributed by atoms with E-state index in [1.165, 1.54) is 0 Å². The molecule has 0 aliphatic heterocycles. The Morgan fingerprint density at radius 2 is 1.24 bits per heavy atom. The first-order valence-corrected chi connectivity index (χ1v) is 10.6. The van der Waals surface area contributed by atoms with E-state index >= 15 is 0 Å². The van der Waals surface area contributed by atoms with E-state index in [0.29, 0.717) is 4.90 Å². The van der Waals surface area contributed by atoms with Crippen LogP contribution in [0.4, 0.5) is 13.2 Å². The van der Waals surface area contributed by atoms with Gasteiger partial charge < -0.3 is 14.7 Å². The first-order valence-electron chi connectivity index (χ1n) is 10.6. The molecule has 3 aromatic rings. The van der Waals surface area contributed by atoms with Crippen LogP contribution in [-0.4, -0.2) is 48.4 Å². The molecule has 0 saturated heterocycles. The molecule has 0 bridgehead atoms. The van der Waals surface area contributed by atoms with Crippen LogP contribution in [0.5, 0.6) is 0 Å². The highest BCUT2D eigenvalue weighted by Gasteiger charge is 2.41. The summed E-state index contributed by atoms with van der Waals surface area (Å²) in [6.07, 6.45) is -6.09. The summed E-state index contributed by atoms with van der Waals surface area (Å²) in [7, 11) is 1.06. The number of nitrogens with zero attached hydrogens (tertiary/aromatic N) is 1. The van der Waals surface area contributed by atoms with E-state index in [0.717, 1.165) is 23.7 Å². The van der Waals surface area contributed by atoms with Crippen molar-refractivity contribution in [3.05, 3.63) is 108 Å². The second-order valence-electron chi connectivity index (χ2n) is 7.76. The van der Waals surface area contributed by atoms with Gasteiger partial charge in [0.2, 0.25) is 0 Å². The van der Waals surface area contributed by atoms with Gasteiger partial charge in [0.05, 0.1) is 12.7 Å². The minimum atomic E-state index is -4.95. The molecule has 3 rings (SSSR count). The van der Waals surface area contributed by atoms with Crippen LogP contribution in [0.1, 0.15) is 23.1 Å². The van der Waals surface area contributed by atoms with Crippen LogP contribution in [0.3, 0.4) is 0 Å². The van der Waals surface area contributed by atoms with Gasteiger partial charge in [0.25, 0.3) is 0 Å². The minimum Gasteiger partial charge on any atom is -0.391 e. The van der Waals surface area contributed by atoms with Crippen molar-refractivity contribution in [2.45, 2.75) is 24.3 Å². The molecule has 0 unspecified atom stereocenters. The third kappa shape index (κ3) is 5.80. The number of carbonyl (C=O) groups excluding carboxylic acids is 1. The quantitative estimate of drug-likeness (QED) is 0.471. The monoisotopic (exact) mass is 457 g/mol. The SMILES string of the molecule is CN(CC[C@H](O)COC(c1ccccc1)(c1ccccc1)c1ccccc1)C(=O)C(F)(F)F. The molecule has 174 valence electrons. The number of amides is 1. The average molecular weight is 457 g/mol. The number of carbonyl (C=O) groups is 1. The van der Waals surface area contributed by atoms with E-state index in [1.807, 2.05) is 91.0 Å². The van der Waals surface area contributed by atoms with E-state index < -0.39 is 23.8 Å². The van der Waals surface area contributed by atoms with Gasteiger partial charge in [-0.3, -0.25) is 4.79 Å². The molecule has 7 heteroatoms. The number of aliphatic hydroxyl groups is 1. The van der Waals surface area contributed by atoms with Crippen LogP contribution < -0.4 is 0 Å². The number of aliphatic hydroxyl groups excluding tert-OH is 1. The third-order valence-electron chi connectivity index (χ3n) is 5.42. The third-order valence-corrected chi connectivity index (χ3v) is 5.42. The molecule has 0 aliphatic carbocycles. The lowest BCUT2D eigenvalue weighted by molar-refractivity contribution is -0.184. The maximum absolute atomic E-state index is 12.6. The van der Waals surface area contributed by atoms with E-state index in [4.69, 9.17) is 4.74 Å². The van der Waals surface area contributed by atoms with E-state index in [2.05, 4.69) is 0 Å². The zero-order valence-corrected chi connectivity index (χ0v) is 18.2. The van der Waals surface area contributed by atoms with Gasteiger partial charge in [-0.25, -0.2) is 0 Å². The fourth-order valence-corrected chi connectivity index (χ4v) is 3.73. The van der Waals surface area contributed by atoms with Gasteiger partial charge in [0.1, 0.15) is 5.60 Å². The summed E-state index contributed by atoms with van der Waals surface area (Å²) < 4.78 is 44.3. The van der Waals surface area contributed by atoms with Gasteiger partial charge in [-0.2, -0.15) is 13.2 Å². The number of benzene rings is 3. The Labute approximate surface area is 191 Å². The van der Waals surface area contributed by atoms with E-state index in [-0.39, 0.29) is 19.6 Å². The smallest absolute Gasteiger partial charge is 0.391 e. The summed E-state index contributed by atoms with van der Waals surface area (Å²) in [5.41, 5.74) is 1.50. The first kappa shape index (κ1) is 24.5. The van der Waals surface area contributed by atoms with Crippen LogP contribution in [0, 0.1) is 0 Å². The molecule has 1 N–H and O–H groups in total. The largest absolute Gasteiger partial charge is 0.471 e. The normalized spacial score (nSPS) is 12.9. The molecular formula is C26H26F3NO3. The van der Waals surface area contributed by atoms with Gasteiger partial charge in [0.15, 0.2) is 0 Å². The Bertz CT molecular complexity index is 915. The van der Waals surface area contributed by atoms with Crippen LogP contribution in [0.2, 0.25) is 0 Å². The summed E-state index contributed by atoms with van der Waals surface area (Å²) in [6.45, 7) is -0.398. The van der Waals surface area contributed by atoms with Gasteiger partial charge >= 0.3 is 12.1 Å². The molecule has 0 saturated carbocycles. The first-order chi connectivity index (χ1) is 15.7. The van der Waals surface area contributed by atoms with Crippen molar-refractivity contribution in [3.63, 3.8) is 0 Å². The molecule has 33 heavy (non-hydrogen) atoms. The molecular weight excluding hydrogens is 431 g/mol. The fourth-order valence-electron chi connectivity index (χ4n) is 3.73. The van der Waals surface area contributed by atoms with Crippen molar-refractivity contribution < 1.29 is 27.8 Å². The van der Waals surface area contributed by atoms with Gasteiger partial charge in [0, 0.05) is 13.6 Å². The van der Waals surface area contributed by atoms with Crippen molar-refractivity contribution in [2.24, 2.45) is 0 Å². The number of rotatable bonds is 9. The van der Waals surface area contributed by atoms with E-state index in [1.54, 1.807) is 0 Å². The lowest BCUT2D eigenvalue weighted by Crippen LogP contribution is -2.40. The standard InChI is InChI=1S/C26H26F3NO3/c1-30(24(32)26(27,28)29)18-17-23(31)19-33-25(20-11-5-2-6-12-20,21-13-7-3-8-14-21)22-15-9-4-10-16-22/h2-16,23,31H,17-19H2,1H3/t23-/m0/s1. The molecule has 3 aromatic carbocycles. The highest BCUT2D eigenvalue weighted by atomic mass is 19.4. The molecule has 0 aliphatic rings. The highest BCUT2D eigenvalue weighted by molar-refractivity contribution is 5.81. The Morgan fingerprint density at radius 1 is 0.848 bits per heavy atom. The predicted molar refractivity (Wildman–Crippen MR) is 119 cm³/mol. The van der Waals surface area contributed by atoms with Crippen LogP contribution in [-0.2, 0) is 15.1 Å². The van der Waals surface area contributed by atoms with E-state index in [9.17, 15) is 23.1 Å². The number of halogens is 3. The fraction of sp³-hybridized carbons (Fsp3) is 0.269. The molecule has 4 nitrogen and oxygen atoms in total. The number of hydrogen-bond acceptors (Lipinski definition) is 3. The topological polar surface area (TPSA) is 49.8 Å². The Morgan fingerprint density at radius 3 is 1.61 bits per heavy atom. The summed E-state index contributed by atoms with van der Waals surface area (Å²) in [6, 6.07) is 28.7. The zero-order valence-electron chi connectivity index (χ0n) is 18.2. The number of ether oxygens (including phenoxy) is 1. The average Bonchev–Trinajstić information content (AvgIpc) is 2.84. The summed E-state index contributed by atoms with van der Waals surface area (Å²) in [4.78, 5) is 11.9. The lowest BCUT2D eigenvalue weighted by atomic mass is 9.80. The number of alkyl halides is 3. The maximum Gasteiger partial charge on any atom is 0.471 e. The van der Waals surface area contributed by atoms with Crippen molar-refractivity contribution >= 4 is 5.91 Å². The molecule has 1 atom stereocenters. The summed E-state index contributed by atoms with van der Waals surface area (Å²) in [5.74, 6) is -1.94. The minimum absolute atomic E-state index is 0.0627. The van der Waals surface area contributed by atoms with Crippen LogP contribution >= 0.6 is 0 Å². The molecule has 0 fully saturated rings. The van der Waals surface area contributed by atoms with Gasteiger partial charge in [-0.15, -0.1) is 0 Å². The van der Waals surface area contributed by atoms with Gasteiger partial charge in [-0.05, 0) is 23.1 Å². The van der Waals surface area contributed by atoms with Crippen LogP contribution in [0.15, 0.2) is 91.0 Å². The van der Waals surface area contributed by atoms with Crippen molar-refractivity contribution in [1.29, 1.82) is 0 Å². The lowest BCUT2D eigenvalue weighted by Gasteiger charge is -2.36. The Kier molecular flexibility index (Phi) is 7.89. The van der Waals surface area contributed by atoms with Crippen molar-refractivity contribution in [1.82, 2.24) is 4.90 Å². The van der Waals surface area contributed by atoms with Crippen LogP contribution in [0.25, 0.3) is 0 Å². The molecule has 0 radical (unpaired) electrons. The van der Waals surface area contributed by atoms with Gasteiger partial charge in [-0.1, -0.05) is 91.0 Å². The predicted octanol–water partition coefficient (Wildman–Crippen LogP) is 4.77.